The summed E-state index contributed by atoms with van der Waals surface area (Å²) in [5, 5.41) is 6.05. The van der Waals surface area contributed by atoms with Crippen molar-refractivity contribution in [1.29, 1.82) is 0 Å². The van der Waals surface area contributed by atoms with Crippen LogP contribution < -0.4 is 15.1 Å². The van der Waals surface area contributed by atoms with Crippen molar-refractivity contribution >= 4 is 73.8 Å². The molecule has 0 atom stereocenters. The Bertz CT molecular complexity index is 1800. The maximum Gasteiger partial charge on any atom is 0.343 e. The van der Waals surface area contributed by atoms with E-state index in [4.69, 9.17) is 27.9 Å². The minimum Gasteiger partial charge on any atom is -0.422 e. The summed E-state index contributed by atoms with van der Waals surface area (Å²) in [4.78, 5) is 31.3. The van der Waals surface area contributed by atoms with Crippen LogP contribution in [0, 0.1) is 0 Å². The summed E-state index contributed by atoms with van der Waals surface area (Å²) in [6.07, 6.45) is 1.41. The maximum absolute atomic E-state index is 13.5. The number of nitrogens with zero attached hydrogens (tertiary/aromatic N) is 2. The van der Waals surface area contributed by atoms with Gasteiger partial charge in [0.2, 0.25) is 0 Å². The fourth-order valence-corrected chi connectivity index (χ4v) is 4.98. The van der Waals surface area contributed by atoms with Crippen LogP contribution in [-0.2, 0) is 0 Å². The molecule has 0 radical (unpaired) electrons. The first-order valence-electron chi connectivity index (χ1n) is 12.4. The van der Waals surface area contributed by atoms with E-state index < -0.39 is 11.9 Å². The van der Waals surface area contributed by atoms with Crippen LogP contribution in [0.1, 0.15) is 26.4 Å². The number of hydrazone groups is 1. The first-order valence-corrected chi connectivity index (χ1v) is 13.9. The second kappa shape index (κ2) is 12.2. The second-order valence-electron chi connectivity index (χ2n) is 9.26. The highest BCUT2D eigenvalue weighted by Crippen LogP contribution is 2.38. The lowest BCUT2D eigenvalue weighted by Crippen LogP contribution is -2.19. The number of aromatic nitrogens is 1. The average molecular weight is 650 g/mol. The van der Waals surface area contributed by atoms with Gasteiger partial charge in [-0.2, -0.15) is 5.10 Å². The van der Waals surface area contributed by atoms with E-state index in [1.54, 1.807) is 48.5 Å². The molecule has 0 aliphatic heterocycles. The van der Waals surface area contributed by atoms with Crippen molar-refractivity contribution in [2.24, 2.45) is 5.10 Å². The number of amides is 1. The van der Waals surface area contributed by atoms with Crippen molar-refractivity contribution in [2.75, 3.05) is 19.0 Å². The van der Waals surface area contributed by atoms with Crippen LogP contribution in [0.2, 0.25) is 10.0 Å². The van der Waals surface area contributed by atoms with Crippen LogP contribution >= 0.6 is 39.1 Å². The van der Waals surface area contributed by atoms with Gasteiger partial charge in [-0.3, -0.25) is 4.79 Å². The largest absolute Gasteiger partial charge is 0.422 e. The molecular weight excluding hydrogens is 627 g/mol. The van der Waals surface area contributed by atoms with E-state index in [0.29, 0.717) is 38.0 Å². The molecule has 0 saturated carbocycles. The van der Waals surface area contributed by atoms with Crippen molar-refractivity contribution in [3.05, 3.63) is 116 Å². The Kier molecular flexibility index (Phi) is 8.44. The van der Waals surface area contributed by atoms with Crippen LogP contribution in [-0.4, -0.2) is 37.2 Å². The van der Waals surface area contributed by atoms with E-state index >= 15 is 0 Å². The van der Waals surface area contributed by atoms with Crippen LogP contribution in [0.4, 0.5) is 5.69 Å². The molecule has 0 bridgehead atoms. The number of hydrogen-bond donors (Lipinski definition) is 2. The first kappa shape index (κ1) is 28.4. The molecule has 4 aromatic carbocycles. The number of hydrogen-bond acceptors (Lipinski definition) is 5. The molecule has 1 heterocycles. The van der Waals surface area contributed by atoms with Crippen molar-refractivity contribution in [3.63, 3.8) is 0 Å². The number of carbonyl (C=O) groups is 2. The molecule has 41 heavy (non-hydrogen) atoms. The summed E-state index contributed by atoms with van der Waals surface area (Å²) in [6.45, 7) is 0. The Hall–Kier alpha value is -4.11. The fourth-order valence-electron chi connectivity index (χ4n) is 4.25. The Morgan fingerprint density at radius 2 is 1.73 bits per heavy atom. The highest BCUT2D eigenvalue weighted by atomic mass is 79.9. The number of H-pyrrole nitrogens is 1. The summed E-state index contributed by atoms with van der Waals surface area (Å²) in [7, 11) is 3.91. The second-order valence-corrected chi connectivity index (χ2v) is 11.0. The molecule has 5 rings (SSSR count). The Balaban J connectivity index is 1.45. The number of rotatable bonds is 7. The molecule has 2 N–H and O–H groups in total. The third kappa shape index (κ3) is 6.30. The topological polar surface area (TPSA) is 86.8 Å². The summed E-state index contributed by atoms with van der Waals surface area (Å²) in [5.74, 6) is -0.750. The molecule has 1 aromatic heterocycles. The van der Waals surface area contributed by atoms with Crippen LogP contribution in [0.15, 0.2) is 94.5 Å². The Morgan fingerprint density at radius 3 is 2.46 bits per heavy atom. The highest BCUT2D eigenvalue weighted by molar-refractivity contribution is 9.10. The van der Waals surface area contributed by atoms with Gasteiger partial charge in [0.1, 0.15) is 11.4 Å². The van der Waals surface area contributed by atoms with Gasteiger partial charge in [-0.25, -0.2) is 10.2 Å². The summed E-state index contributed by atoms with van der Waals surface area (Å²) < 4.78 is 6.34. The molecule has 0 spiro atoms. The fraction of sp³-hybridized carbons (Fsp3) is 0.0645. The number of anilines is 1. The van der Waals surface area contributed by atoms with E-state index in [0.717, 1.165) is 21.1 Å². The average Bonchev–Trinajstić information content (AvgIpc) is 3.33. The van der Waals surface area contributed by atoms with Gasteiger partial charge in [-0.15, -0.1) is 0 Å². The molecule has 0 fully saturated rings. The van der Waals surface area contributed by atoms with Gasteiger partial charge in [0.25, 0.3) is 5.91 Å². The van der Waals surface area contributed by atoms with E-state index in [9.17, 15) is 9.59 Å². The predicted molar refractivity (Wildman–Crippen MR) is 169 cm³/mol. The molecule has 10 heteroatoms. The predicted octanol–water partition coefficient (Wildman–Crippen LogP) is 7.95. The summed E-state index contributed by atoms with van der Waals surface area (Å²) >= 11 is 15.9. The number of ether oxygens (including phenoxy) is 1. The van der Waals surface area contributed by atoms with E-state index in [1.165, 1.54) is 6.21 Å². The molecule has 0 aliphatic rings. The van der Waals surface area contributed by atoms with Gasteiger partial charge in [0.05, 0.1) is 11.8 Å². The summed E-state index contributed by atoms with van der Waals surface area (Å²) in [6, 6.07) is 24.7. The number of fused-ring (bicyclic) bond motifs is 1. The monoisotopic (exact) mass is 648 g/mol. The molecule has 0 saturated heterocycles. The van der Waals surface area contributed by atoms with Gasteiger partial charge < -0.3 is 14.6 Å². The molecule has 7 nitrogen and oxygen atoms in total. The van der Waals surface area contributed by atoms with Gasteiger partial charge in [-0.05, 0) is 66.7 Å². The number of benzene rings is 4. The SMILES string of the molecule is CN(C)c1ccc2[nH]c(C(=O)NN=Cc3cc(Br)ccc3OC(=O)c3ccc(Cl)cc3)c(-c3ccccc3Cl)c2c1. The smallest absolute Gasteiger partial charge is 0.343 e. The van der Waals surface area contributed by atoms with Crippen LogP contribution in [0.3, 0.4) is 0 Å². The zero-order chi connectivity index (χ0) is 29.1. The number of aromatic amines is 1. The molecule has 206 valence electrons. The van der Waals surface area contributed by atoms with Gasteiger partial charge in [-0.1, -0.05) is 57.3 Å². The van der Waals surface area contributed by atoms with E-state index in [1.807, 2.05) is 55.4 Å². The summed E-state index contributed by atoms with van der Waals surface area (Å²) in [5.41, 5.74) is 6.86. The number of nitrogens with one attached hydrogen (secondary N) is 2. The van der Waals surface area contributed by atoms with E-state index in [2.05, 4.69) is 31.4 Å². The zero-order valence-electron chi connectivity index (χ0n) is 21.9. The molecule has 0 unspecified atom stereocenters. The molecule has 0 aliphatic carbocycles. The standard InChI is InChI=1S/C31H23BrCl2N4O3/c1-38(2)22-12-13-26-24(16-22)28(23-5-3-4-6-25(23)34)29(36-26)30(39)37-35-17-19-15-20(32)9-14-27(19)41-31(40)18-7-10-21(33)11-8-18/h3-17,36H,1-2H3,(H,37,39). The van der Waals surface area contributed by atoms with Crippen molar-refractivity contribution in [2.45, 2.75) is 0 Å². The first-order chi connectivity index (χ1) is 19.7. The van der Waals surface area contributed by atoms with Gasteiger partial charge in [0.15, 0.2) is 0 Å². The quantitative estimate of drug-likeness (QED) is 0.0811. The lowest BCUT2D eigenvalue weighted by atomic mass is 10.0. The third-order valence-corrected chi connectivity index (χ3v) is 7.37. The minimum atomic E-state index is -0.553. The zero-order valence-corrected chi connectivity index (χ0v) is 25.0. The number of halogens is 3. The Morgan fingerprint density at radius 1 is 0.976 bits per heavy atom. The van der Waals surface area contributed by atoms with Crippen molar-refractivity contribution < 1.29 is 14.3 Å². The maximum atomic E-state index is 13.5. The lowest BCUT2D eigenvalue weighted by molar-refractivity contribution is 0.0734. The number of carbonyl (C=O) groups excluding carboxylic acids is 2. The third-order valence-electron chi connectivity index (χ3n) is 6.29. The van der Waals surface area contributed by atoms with Gasteiger partial charge in [0, 0.05) is 61.9 Å². The molecule has 1 amide bonds. The highest BCUT2D eigenvalue weighted by Gasteiger charge is 2.21. The van der Waals surface area contributed by atoms with E-state index in [-0.39, 0.29) is 5.75 Å². The van der Waals surface area contributed by atoms with Crippen LogP contribution in [0.25, 0.3) is 22.0 Å². The lowest BCUT2D eigenvalue weighted by Gasteiger charge is -2.13. The number of esters is 1. The molecule has 5 aromatic rings. The van der Waals surface area contributed by atoms with Crippen molar-refractivity contribution in [1.82, 2.24) is 10.4 Å². The Labute approximate surface area is 254 Å². The van der Waals surface area contributed by atoms with Crippen molar-refractivity contribution in [3.8, 4) is 16.9 Å². The normalized spacial score (nSPS) is 11.1. The minimum absolute atomic E-state index is 0.268. The van der Waals surface area contributed by atoms with Gasteiger partial charge >= 0.3 is 5.97 Å². The van der Waals surface area contributed by atoms with Crippen LogP contribution in [0.5, 0.6) is 5.75 Å². The molecular formula is C31H23BrCl2N4O3.